The third kappa shape index (κ3) is 2.54. The van der Waals surface area contributed by atoms with Crippen LogP contribution in [0, 0.1) is 17.0 Å². The van der Waals surface area contributed by atoms with Crippen LogP contribution >= 0.6 is 0 Å². The van der Waals surface area contributed by atoms with Gasteiger partial charge >= 0.3 is 5.69 Å². The lowest BCUT2D eigenvalue weighted by Gasteiger charge is -2.21. The summed E-state index contributed by atoms with van der Waals surface area (Å²) >= 11 is 0. The molecule has 0 spiro atoms. The molecule has 0 aromatic heterocycles. The summed E-state index contributed by atoms with van der Waals surface area (Å²) in [5, 5.41) is 14.6. The van der Waals surface area contributed by atoms with Gasteiger partial charge in [0.25, 0.3) is 0 Å². The van der Waals surface area contributed by atoms with Crippen molar-refractivity contribution in [3.05, 3.63) is 57.6 Å². The molecule has 3 rings (SSSR count). The van der Waals surface area contributed by atoms with Crippen molar-refractivity contribution in [2.45, 2.75) is 19.8 Å². The quantitative estimate of drug-likeness (QED) is 0.682. The zero-order valence-electron chi connectivity index (χ0n) is 11.8. The highest BCUT2D eigenvalue weighted by Crippen LogP contribution is 2.39. The van der Waals surface area contributed by atoms with E-state index in [-0.39, 0.29) is 11.4 Å². The number of fused-ring (bicyclic) bond motifs is 1. The average Bonchev–Trinajstić information content (AvgIpc) is 2.47. The van der Waals surface area contributed by atoms with Gasteiger partial charge in [0.2, 0.25) is 5.75 Å². The Labute approximate surface area is 122 Å². The molecule has 0 unspecified atom stereocenters. The Kier molecular flexibility index (Phi) is 3.48. The maximum absolute atomic E-state index is 11.2. The fraction of sp³-hybridized carbons (Fsp3) is 0.250. The molecule has 2 aromatic carbocycles. The molecular formula is C16H16N2O3. The molecule has 0 saturated carbocycles. The Balaban J connectivity index is 2.02. The van der Waals surface area contributed by atoms with Crippen LogP contribution in [0.3, 0.4) is 0 Å². The molecule has 0 atom stereocenters. The molecule has 2 aromatic rings. The number of nitro groups is 1. The van der Waals surface area contributed by atoms with Crippen LogP contribution in [0.15, 0.2) is 36.4 Å². The molecule has 0 bridgehead atoms. The van der Waals surface area contributed by atoms with Crippen LogP contribution in [0.25, 0.3) is 0 Å². The van der Waals surface area contributed by atoms with E-state index in [0.29, 0.717) is 11.3 Å². The summed E-state index contributed by atoms with van der Waals surface area (Å²) in [6.07, 6.45) is 2.08. The molecule has 0 saturated heterocycles. The van der Waals surface area contributed by atoms with Gasteiger partial charge in [0.1, 0.15) is 0 Å². The van der Waals surface area contributed by atoms with Crippen molar-refractivity contribution in [1.29, 1.82) is 0 Å². The number of nitrogens with one attached hydrogen (secondary N) is 1. The number of benzene rings is 2. The van der Waals surface area contributed by atoms with E-state index in [1.807, 2.05) is 12.1 Å². The fourth-order valence-corrected chi connectivity index (χ4v) is 2.63. The predicted molar refractivity (Wildman–Crippen MR) is 81.2 cm³/mol. The molecule has 0 aliphatic carbocycles. The molecule has 1 N–H and O–H groups in total. The van der Waals surface area contributed by atoms with Crippen LogP contribution in [-0.2, 0) is 6.42 Å². The van der Waals surface area contributed by atoms with Gasteiger partial charge in [-0.3, -0.25) is 10.1 Å². The van der Waals surface area contributed by atoms with E-state index in [1.54, 1.807) is 25.1 Å². The minimum atomic E-state index is -0.395. The lowest BCUT2D eigenvalue weighted by atomic mass is 10.0. The van der Waals surface area contributed by atoms with Crippen molar-refractivity contribution in [3.63, 3.8) is 0 Å². The van der Waals surface area contributed by atoms with E-state index in [4.69, 9.17) is 4.74 Å². The largest absolute Gasteiger partial charge is 0.448 e. The second-order valence-electron chi connectivity index (χ2n) is 5.10. The smallest absolute Gasteiger partial charge is 0.314 e. The maximum Gasteiger partial charge on any atom is 0.314 e. The second-order valence-corrected chi connectivity index (χ2v) is 5.10. The first kappa shape index (κ1) is 13.4. The summed E-state index contributed by atoms with van der Waals surface area (Å²) in [7, 11) is 0. The number of ether oxygens (including phenoxy) is 1. The number of nitrogens with zero attached hydrogens (tertiary/aromatic N) is 1. The zero-order valence-corrected chi connectivity index (χ0v) is 11.8. The van der Waals surface area contributed by atoms with E-state index in [2.05, 4.69) is 11.4 Å². The molecule has 108 valence electrons. The summed E-state index contributed by atoms with van der Waals surface area (Å²) in [5.41, 5.74) is 2.75. The van der Waals surface area contributed by atoms with Gasteiger partial charge in [0.05, 0.1) is 10.6 Å². The van der Waals surface area contributed by atoms with E-state index in [0.717, 1.165) is 25.1 Å². The van der Waals surface area contributed by atoms with Crippen molar-refractivity contribution in [1.82, 2.24) is 0 Å². The van der Waals surface area contributed by atoms with E-state index >= 15 is 0 Å². The molecular weight excluding hydrogens is 268 g/mol. The first-order chi connectivity index (χ1) is 10.2. The first-order valence-electron chi connectivity index (χ1n) is 6.94. The number of hydrogen-bond acceptors (Lipinski definition) is 4. The van der Waals surface area contributed by atoms with Crippen LogP contribution in [0.5, 0.6) is 11.5 Å². The van der Waals surface area contributed by atoms with Gasteiger partial charge < -0.3 is 10.1 Å². The van der Waals surface area contributed by atoms with Gasteiger partial charge in [-0.2, -0.15) is 0 Å². The summed E-state index contributed by atoms with van der Waals surface area (Å²) in [6, 6.07) is 10.9. The third-order valence-corrected chi connectivity index (χ3v) is 3.64. The van der Waals surface area contributed by atoms with E-state index in [1.165, 1.54) is 5.56 Å². The fourth-order valence-electron chi connectivity index (χ4n) is 2.63. The van der Waals surface area contributed by atoms with Crippen LogP contribution in [0.4, 0.5) is 11.4 Å². The van der Waals surface area contributed by atoms with E-state index in [9.17, 15) is 10.1 Å². The Bertz CT molecular complexity index is 698. The SMILES string of the molecule is Cc1cccc(Oc2cccc3c2NCCC3)c1[N+](=O)[O-]. The van der Waals surface area contributed by atoms with Crippen molar-refractivity contribution < 1.29 is 9.66 Å². The van der Waals surface area contributed by atoms with Crippen molar-refractivity contribution in [2.75, 3.05) is 11.9 Å². The molecule has 0 fully saturated rings. The monoisotopic (exact) mass is 284 g/mol. The minimum Gasteiger partial charge on any atom is -0.448 e. The van der Waals surface area contributed by atoms with Crippen LogP contribution in [0.2, 0.25) is 0 Å². The van der Waals surface area contributed by atoms with Gasteiger partial charge in [0.15, 0.2) is 5.75 Å². The molecule has 1 heterocycles. The highest BCUT2D eigenvalue weighted by atomic mass is 16.6. The molecule has 0 radical (unpaired) electrons. The Morgan fingerprint density at radius 2 is 1.95 bits per heavy atom. The normalized spacial score (nSPS) is 13.2. The summed E-state index contributed by atoms with van der Waals surface area (Å²) in [4.78, 5) is 10.8. The van der Waals surface area contributed by atoms with Crippen molar-refractivity contribution in [2.24, 2.45) is 0 Å². The minimum absolute atomic E-state index is 0.0194. The van der Waals surface area contributed by atoms with Gasteiger partial charge in [-0.05, 0) is 37.5 Å². The summed E-state index contributed by atoms with van der Waals surface area (Å²) in [5.74, 6) is 0.918. The highest BCUT2D eigenvalue weighted by molar-refractivity contribution is 5.65. The van der Waals surface area contributed by atoms with Crippen LogP contribution in [-0.4, -0.2) is 11.5 Å². The summed E-state index contributed by atoms with van der Waals surface area (Å²) < 4.78 is 5.85. The average molecular weight is 284 g/mol. The Morgan fingerprint density at radius 1 is 1.19 bits per heavy atom. The maximum atomic E-state index is 11.2. The molecule has 5 heteroatoms. The second kappa shape index (κ2) is 5.44. The van der Waals surface area contributed by atoms with Gasteiger partial charge in [0, 0.05) is 12.1 Å². The van der Waals surface area contributed by atoms with Crippen LogP contribution < -0.4 is 10.1 Å². The van der Waals surface area contributed by atoms with Gasteiger partial charge in [-0.15, -0.1) is 0 Å². The molecule has 1 aliphatic heterocycles. The topological polar surface area (TPSA) is 64.4 Å². The number of nitro benzene ring substituents is 1. The first-order valence-corrected chi connectivity index (χ1v) is 6.94. The van der Waals surface area contributed by atoms with E-state index < -0.39 is 4.92 Å². The Hall–Kier alpha value is -2.56. The third-order valence-electron chi connectivity index (χ3n) is 3.64. The number of para-hydroxylation sites is 2. The zero-order chi connectivity index (χ0) is 14.8. The lowest BCUT2D eigenvalue weighted by molar-refractivity contribution is -0.386. The predicted octanol–water partition coefficient (Wildman–Crippen LogP) is 4.05. The number of aryl methyl sites for hydroxylation is 2. The number of anilines is 1. The highest BCUT2D eigenvalue weighted by Gasteiger charge is 2.21. The Morgan fingerprint density at radius 3 is 2.76 bits per heavy atom. The van der Waals surface area contributed by atoms with Crippen LogP contribution in [0.1, 0.15) is 17.5 Å². The van der Waals surface area contributed by atoms with Crippen molar-refractivity contribution in [3.8, 4) is 11.5 Å². The number of rotatable bonds is 3. The molecule has 5 nitrogen and oxygen atoms in total. The molecule has 21 heavy (non-hydrogen) atoms. The molecule has 0 amide bonds. The molecule has 1 aliphatic rings. The lowest BCUT2D eigenvalue weighted by Crippen LogP contribution is -2.12. The van der Waals surface area contributed by atoms with Gasteiger partial charge in [-0.1, -0.05) is 24.3 Å². The van der Waals surface area contributed by atoms with Gasteiger partial charge in [-0.25, -0.2) is 0 Å². The van der Waals surface area contributed by atoms with Crippen molar-refractivity contribution >= 4 is 11.4 Å². The number of hydrogen-bond donors (Lipinski definition) is 1. The summed E-state index contributed by atoms with van der Waals surface area (Å²) in [6.45, 7) is 2.60. The standard InChI is InChI=1S/C16H16N2O3/c1-11-5-2-9-14(16(11)18(19)20)21-13-8-3-6-12-7-4-10-17-15(12)13/h2-3,5-6,8-9,17H,4,7,10H2,1H3.